The highest BCUT2D eigenvalue weighted by Crippen LogP contribution is 2.48. The highest BCUT2D eigenvalue weighted by atomic mass is 16.3. The van der Waals surface area contributed by atoms with Crippen LogP contribution in [0.3, 0.4) is 0 Å². The summed E-state index contributed by atoms with van der Waals surface area (Å²) in [4.78, 5) is 2.57. The van der Waals surface area contributed by atoms with E-state index in [1.54, 1.807) is 0 Å². The Kier molecular flexibility index (Phi) is 7.54. The molecule has 10 rings (SSSR count). The molecule has 53 heavy (non-hydrogen) atoms. The molecule has 9 aromatic rings. The molecule has 1 unspecified atom stereocenters. The van der Waals surface area contributed by atoms with Crippen LogP contribution in [0.1, 0.15) is 18.9 Å². The molecule has 1 atom stereocenters. The number of benzene rings is 8. The number of furan rings is 1. The number of allylic oxidation sites excluding steroid dienone is 4. The zero-order chi connectivity index (χ0) is 35.3. The summed E-state index contributed by atoms with van der Waals surface area (Å²) in [7, 11) is 0. The topological polar surface area (TPSA) is 16.4 Å². The number of hydrogen-bond donors (Lipinski definition) is 0. The minimum absolute atomic E-state index is 0.242. The lowest BCUT2D eigenvalue weighted by Crippen LogP contribution is -2.25. The lowest BCUT2D eigenvalue weighted by Gasteiger charge is -2.37. The number of hydrogen-bond acceptors (Lipinski definition) is 2. The van der Waals surface area contributed by atoms with E-state index in [1.807, 2.05) is 6.07 Å². The van der Waals surface area contributed by atoms with E-state index in [2.05, 4.69) is 194 Å². The van der Waals surface area contributed by atoms with E-state index in [4.69, 9.17) is 4.42 Å². The number of rotatable bonds is 6. The molecule has 252 valence electrons. The average molecular weight is 680 g/mol. The first-order chi connectivity index (χ1) is 26.2. The molecule has 0 saturated heterocycles. The second-order valence-corrected chi connectivity index (χ2v) is 14.1. The molecule has 1 aliphatic carbocycles. The third-order valence-corrected chi connectivity index (χ3v) is 10.9. The normalized spacial score (nSPS) is 14.5. The third kappa shape index (κ3) is 5.26. The minimum atomic E-state index is 0.242. The summed E-state index contributed by atoms with van der Waals surface area (Å²) in [5.74, 6) is 0.242. The number of fused-ring (bicyclic) bond motifs is 5. The molecule has 8 aromatic carbocycles. The molecule has 2 heteroatoms. The van der Waals surface area contributed by atoms with Gasteiger partial charge in [-0.15, -0.1) is 0 Å². The molecular weight excluding hydrogens is 643 g/mol. The maximum absolute atomic E-state index is 6.27. The fourth-order valence-electron chi connectivity index (χ4n) is 8.44. The third-order valence-electron chi connectivity index (χ3n) is 10.9. The average Bonchev–Trinajstić information content (AvgIpc) is 3.60. The van der Waals surface area contributed by atoms with Gasteiger partial charge in [0.2, 0.25) is 0 Å². The van der Waals surface area contributed by atoms with Crippen LogP contribution in [0.4, 0.5) is 11.4 Å². The Morgan fingerprint density at radius 1 is 0.491 bits per heavy atom. The van der Waals surface area contributed by atoms with Crippen molar-refractivity contribution in [3.05, 3.63) is 199 Å². The van der Waals surface area contributed by atoms with Crippen molar-refractivity contribution in [2.75, 3.05) is 4.90 Å². The predicted molar refractivity (Wildman–Crippen MR) is 224 cm³/mol. The Morgan fingerprint density at radius 2 is 1.13 bits per heavy atom. The van der Waals surface area contributed by atoms with Crippen molar-refractivity contribution in [1.82, 2.24) is 0 Å². The van der Waals surface area contributed by atoms with E-state index < -0.39 is 0 Å². The van der Waals surface area contributed by atoms with Crippen LogP contribution in [-0.2, 0) is 0 Å². The Bertz CT molecular complexity index is 2880. The first-order valence-electron chi connectivity index (χ1n) is 18.5. The summed E-state index contributed by atoms with van der Waals surface area (Å²) >= 11 is 0. The van der Waals surface area contributed by atoms with Gasteiger partial charge in [0.05, 0.1) is 11.4 Å². The van der Waals surface area contributed by atoms with Gasteiger partial charge in [0.25, 0.3) is 0 Å². The monoisotopic (exact) mass is 679 g/mol. The molecule has 0 aliphatic heterocycles. The van der Waals surface area contributed by atoms with Crippen LogP contribution in [0.5, 0.6) is 0 Å². The first-order valence-corrected chi connectivity index (χ1v) is 18.5. The van der Waals surface area contributed by atoms with Gasteiger partial charge in [-0.1, -0.05) is 165 Å². The number of anilines is 2. The van der Waals surface area contributed by atoms with Gasteiger partial charge >= 0.3 is 0 Å². The maximum atomic E-state index is 6.27. The summed E-state index contributed by atoms with van der Waals surface area (Å²) < 4.78 is 6.27. The Morgan fingerprint density at radius 3 is 2.02 bits per heavy atom. The van der Waals surface area contributed by atoms with E-state index >= 15 is 0 Å². The van der Waals surface area contributed by atoms with E-state index in [9.17, 15) is 0 Å². The molecule has 0 amide bonds. The van der Waals surface area contributed by atoms with E-state index in [-0.39, 0.29) is 5.92 Å². The molecule has 0 N–H and O–H groups in total. The number of para-hydroxylation sites is 2. The summed E-state index contributed by atoms with van der Waals surface area (Å²) in [5.41, 5.74) is 12.7. The van der Waals surface area contributed by atoms with E-state index in [0.717, 1.165) is 34.0 Å². The van der Waals surface area contributed by atoms with Crippen molar-refractivity contribution in [3.8, 4) is 22.3 Å². The number of nitrogens with zero attached hydrogens (tertiary/aromatic N) is 1. The highest BCUT2D eigenvalue weighted by Gasteiger charge is 2.29. The summed E-state index contributed by atoms with van der Waals surface area (Å²) in [6, 6.07) is 63.7. The molecule has 2 nitrogen and oxygen atoms in total. The molecule has 0 fully saturated rings. The smallest absolute Gasteiger partial charge is 0.135 e. The largest absolute Gasteiger partial charge is 0.456 e. The van der Waals surface area contributed by atoms with Crippen LogP contribution in [0, 0.1) is 5.92 Å². The Hall–Kier alpha value is -6.64. The fraction of sp³-hybridized carbons (Fsp3) is 0.0588. The summed E-state index contributed by atoms with van der Waals surface area (Å²) in [5, 5.41) is 7.20. The zero-order valence-corrected chi connectivity index (χ0v) is 29.5. The van der Waals surface area contributed by atoms with Crippen LogP contribution in [0.2, 0.25) is 0 Å². The quantitative estimate of drug-likeness (QED) is 0.174. The van der Waals surface area contributed by atoms with Crippen LogP contribution >= 0.6 is 0 Å². The molecule has 1 heterocycles. The van der Waals surface area contributed by atoms with Gasteiger partial charge in [-0.2, -0.15) is 0 Å². The van der Waals surface area contributed by atoms with Gasteiger partial charge in [0.15, 0.2) is 0 Å². The van der Waals surface area contributed by atoms with Crippen molar-refractivity contribution >= 4 is 60.4 Å². The standard InChI is InChI=1S/C51H37NO/c1-34-15-11-26-41(38-31-32-49-45(33-38)43-24-8-10-30-48(43)53-49)51(34)52(46-29-14-19-35-18-5-6-22-39(35)46)47-28-9-7-23-42(47)44-27-13-21-37-20-12-25-40(50(37)44)36-16-3-2-4-17-36/h2-14,16-34H,15H2,1H3. The molecule has 0 radical (unpaired) electrons. The van der Waals surface area contributed by atoms with E-state index in [0.29, 0.717) is 0 Å². The molecule has 0 saturated carbocycles. The summed E-state index contributed by atoms with van der Waals surface area (Å²) in [6.07, 6.45) is 5.63. The maximum Gasteiger partial charge on any atom is 0.135 e. The van der Waals surface area contributed by atoms with Crippen molar-refractivity contribution in [3.63, 3.8) is 0 Å². The lowest BCUT2D eigenvalue weighted by atomic mass is 9.86. The van der Waals surface area contributed by atoms with Crippen molar-refractivity contribution < 1.29 is 4.42 Å². The zero-order valence-electron chi connectivity index (χ0n) is 29.5. The predicted octanol–water partition coefficient (Wildman–Crippen LogP) is 14.4. The van der Waals surface area contributed by atoms with Crippen LogP contribution in [0.25, 0.3) is 71.3 Å². The van der Waals surface area contributed by atoms with Crippen LogP contribution in [0.15, 0.2) is 198 Å². The Balaban J connectivity index is 1.28. The van der Waals surface area contributed by atoms with Crippen LogP contribution < -0.4 is 4.90 Å². The fourth-order valence-corrected chi connectivity index (χ4v) is 8.44. The van der Waals surface area contributed by atoms with Gasteiger partial charge in [-0.3, -0.25) is 0 Å². The van der Waals surface area contributed by atoms with Crippen LogP contribution in [-0.4, -0.2) is 0 Å². The SMILES string of the molecule is CC1CC=CC(c2ccc3oc4ccccc4c3c2)=C1N(c1ccccc1-c1cccc2cccc(-c3ccccc3)c12)c1cccc2ccccc12. The van der Waals surface area contributed by atoms with Gasteiger partial charge in [0.1, 0.15) is 11.2 Å². The van der Waals surface area contributed by atoms with Gasteiger partial charge in [0, 0.05) is 38.9 Å². The van der Waals surface area contributed by atoms with Crippen molar-refractivity contribution in [2.45, 2.75) is 13.3 Å². The van der Waals surface area contributed by atoms with Crippen molar-refractivity contribution in [2.24, 2.45) is 5.92 Å². The van der Waals surface area contributed by atoms with Gasteiger partial charge in [-0.05, 0) is 75.2 Å². The van der Waals surface area contributed by atoms with Gasteiger partial charge < -0.3 is 9.32 Å². The molecule has 0 spiro atoms. The van der Waals surface area contributed by atoms with E-state index in [1.165, 1.54) is 66.3 Å². The molecule has 0 bridgehead atoms. The molecule has 1 aliphatic rings. The van der Waals surface area contributed by atoms with Gasteiger partial charge in [-0.25, -0.2) is 0 Å². The minimum Gasteiger partial charge on any atom is -0.456 e. The second-order valence-electron chi connectivity index (χ2n) is 14.1. The molecular formula is C51H37NO. The Labute approximate surface area is 309 Å². The first kappa shape index (κ1) is 31.1. The second kappa shape index (κ2) is 12.8. The summed E-state index contributed by atoms with van der Waals surface area (Å²) in [6.45, 7) is 2.37. The van der Waals surface area contributed by atoms with Crippen molar-refractivity contribution in [1.29, 1.82) is 0 Å². The highest BCUT2D eigenvalue weighted by molar-refractivity contribution is 6.10. The molecule has 1 aromatic heterocycles. The lowest BCUT2D eigenvalue weighted by molar-refractivity contribution is 0.668.